The van der Waals surface area contributed by atoms with E-state index in [1.165, 1.54) is 12.1 Å². The zero-order valence-electron chi connectivity index (χ0n) is 10.6. The summed E-state index contributed by atoms with van der Waals surface area (Å²) < 4.78 is 13.9. The summed E-state index contributed by atoms with van der Waals surface area (Å²) in [6.45, 7) is 1.80. The van der Waals surface area contributed by atoms with Gasteiger partial charge >= 0.3 is 5.97 Å². The van der Waals surface area contributed by atoms with Crippen LogP contribution >= 0.6 is 15.9 Å². The third kappa shape index (κ3) is 2.91. The van der Waals surface area contributed by atoms with Crippen LogP contribution in [0.3, 0.4) is 0 Å². The number of halogens is 2. The van der Waals surface area contributed by atoms with E-state index in [4.69, 9.17) is 10.8 Å². The highest BCUT2D eigenvalue weighted by Gasteiger charge is 2.12. The molecule has 0 atom stereocenters. The maximum atomic E-state index is 13.6. The lowest BCUT2D eigenvalue weighted by atomic mass is 10.1. The Morgan fingerprint density at radius 1 is 1.30 bits per heavy atom. The summed E-state index contributed by atoms with van der Waals surface area (Å²) in [6, 6.07) is 7.42. The summed E-state index contributed by atoms with van der Waals surface area (Å²) in [5.41, 5.74) is 7.60. The van der Waals surface area contributed by atoms with Crippen molar-refractivity contribution in [2.24, 2.45) is 0 Å². The first-order valence-electron chi connectivity index (χ1n) is 5.74. The van der Waals surface area contributed by atoms with E-state index in [-0.39, 0.29) is 5.56 Å². The minimum Gasteiger partial charge on any atom is -0.478 e. The molecular weight excluding hydrogens is 327 g/mol. The normalized spacial score (nSPS) is 10.3. The highest BCUT2D eigenvalue weighted by Crippen LogP contribution is 2.29. The number of nitrogens with one attached hydrogen (secondary N) is 1. The molecule has 0 amide bonds. The first kappa shape index (κ1) is 14.3. The highest BCUT2D eigenvalue weighted by atomic mass is 79.9. The maximum Gasteiger partial charge on any atom is 0.337 e. The molecule has 0 saturated heterocycles. The van der Waals surface area contributed by atoms with Crippen LogP contribution in [-0.2, 0) is 0 Å². The SMILES string of the molecule is Cc1cc(Br)c(F)cc1Nc1ccc(N)cc1C(=O)O. The molecule has 0 aliphatic carbocycles. The lowest BCUT2D eigenvalue weighted by Crippen LogP contribution is -2.05. The van der Waals surface area contributed by atoms with Gasteiger partial charge in [0.05, 0.1) is 15.7 Å². The first-order chi connectivity index (χ1) is 9.38. The van der Waals surface area contributed by atoms with E-state index in [0.29, 0.717) is 21.5 Å². The summed E-state index contributed by atoms with van der Waals surface area (Å²) in [5, 5.41) is 12.1. The monoisotopic (exact) mass is 338 g/mol. The average molecular weight is 339 g/mol. The summed E-state index contributed by atoms with van der Waals surface area (Å²) in [7, 11) is 0. The second-order valence-electron chi connectivity index (χ2n) is 4.32. The van der Waals surface area contributed by atoms with Crippen molar-refractivity contribution < 1.29 is 14.3 Å². The minimum atomic E-state index is -1.10. The van der Waals surface area contributed by atoms with Gasteiger partial charge < -0.3 is 16.2 Å². The number of aromatic carboxylic acids is 1. The molecule has 0 bridgehead atoms. The van der Waals surface area contributed by atoms with Crippen molar-refractivity contribution >= 4 is 39.0 Å². The number of rotatable bonds is 3. The van der Waals surface area contributed by atoms with E-state index in [0.717, 1.165) is 5.56 Å². The minimum absolute atomic E-state index is 0.0349. The molecule has 0 aliphatic rings. The van der Waals surface area contributed by atoms with Gasteiger partial charge in [-0.05, 0) is 58.7 Å². The van der Waals surface area contributed by atoms with Crippen LogP contribution in [0.2, 0.25) is 0 Å². The lowest BCUT2D eigenvalue weighted by Gasteiger charge is -2.13. The van der Waals surface area contributed by atoms with Gasteiger partial charge in [0, 0.05) is 11.4 Å². The molecule has 2 aromatic rings. The second kappa shape index (κ2) is 5.50. The summed E-state index contributed by atoms with van der Waals surface area (Å²) in [5.74, 6) is -1.53. The molecule has 4 nitrogen and oxygen atoms in total. The van der Waals surface area contributed by atoms with E-state index in [2.05, 4.69) is 21.2 Å². The molecule has 6 heteroatoms. The van der Waals surface area contributed by atoms with Crippen molar-refractivity contribution in [2.75, 3.05) is 11.1 Å². The Morgan fingerprint density at radius 2 is 2.00 bits per heavy atom. The number of benzene rings is 2. The number of hydrogen-bond acceptors (Lipinski definition) is 3. The van der Waals surface area contributed by atoms with Crippen LogP contribution in [0, 0.1) is 12.7 Å². The van der Waals surface area contributed by atoms with Gasteiger partial charge in [0.1, 0.15) is 5.82 Å². The fourth-order valence-corrected chi connectivity index (χ4v) is 2.23. The van der Waals surface area contributed by atoms with Gasteiger partial charge in [0.25, 0.3) is 0 Å². The Labute approximate surface area is 123 Å². The average Bonchev–Trinajstić information content (AvgIpc) is 2.37. The molecule has 0 heterocycles. The molecule has 0 aromatic heterocycles. The first-order valence-corrected chi connectivity index (χ1v) is 6.53. The Kier molecular flexibility index (Phi) is 3.94. The standard InChI is InChI=1S/C14H12BrFN2O2/c1-7-4-10(15)11(16)6-13(7)18-12-3-2-8(17)5-9(12)14(19)20/h2-6,18H,17H2,1H3,(H,19,20). The van der Waals surface area contributed by atoms with Crippen LogP contribution < -0.4 is 11.1 Å². The molecule has 0 unspecified atom stereocenters. The maximum absolute atomic E-state index is 13.6. The summed E-state index contributed by atoms with van der Waals surface area (Å²) in [4.78, 5) is 11.2. The van der Waals surface area contributed by atoms with Crippen molar-refractivity contribution in [3.8, 4) is 0 Å². The van der Waals surface area contributed by atoms with Crippen molar-refractivity contribution in [3.05, 3.63) is 51.7 Å². The van der Waals surface area contributed by atoms with E-state index < -0.39 is 11.8 Å². The fourth-order valence-electron chi connectivity index (χ4n) is 1.77. The van der Waals surface area contributed by atoms with Crippen LogP contribution in [0.1, 0.15) is 15.9 Å². The third-order valence-electron chi connectivity index (χ3n) is 2.81. The molecule has 20 heavy (non-hydrogen) atoms. The summed E-state index contributed by atoms with van der Waals surface area (Å²) >= 11 is 3.10. The lowest BCUT2D eigenvalue weighted by molar-refractivity contribution is 0.0698. The quantitative estimate of drug-likeness (QED) is 0.741. The number of carbonyl (C=O) groups is 1. The smallest absolute Gasteiger partial charge is 0.337 e. The van der Waals surface area contributed by atoms with Crippen molar-refractivity contribution in [3.63, 3.8) is 0 Å². The number of nitrogens with two attached hydrogens (primary N) is 1. The molecule has 0 fully saturated rings. The fraction of sp³-hybridized carbons (Fsp3) is 0.0714. The molecule has 2 aromatic carbocycles. The molecular formula is C14H12BrFN2O2. The van der Waals surface area contributed by atoms with Gasteiger partial charge in [0.2, 0.25) is 0 Å². The topological polar surface area (TPSA) is 75.3 Å². The Hall–Kier alpha value is -2.08. The second-order valence-corrected chi connectivity index (χ2v) is 5.17. The molecule has 4 N–H and O–H groups in total. The molecule has 104 valence electrons. The van der Waals surface area contributed by atoms with Gasteiger partial charge in [-0.3, -0.25) is 0 Å². The van der Waals surface area contributed by atoms with E-state index in [1.807, 2.05) is 0 Å². The molecule has 0 saturated carbocycles. The van der Waals surface area contributed by atoms with Crippen LogP contribution in [0.4, 0.5) is 21.5 Å². The van der Waals surface area contributed by atoms with Crippen molar-refractivity contribution in [1.29, 1.82) is 0 Å². The zero-order chi connectivity index (χ0) is 14.9. The molecule has 0 radical (unpaired) electrons. The number of hydrogen-bond donors (Lipinski definition) is 3. The van der Waals surface area contributed by atoms with Crippen molar-refractivity contribution in [2.45, 2.75) is 6.92 Å². The van der Waals surface area contributed by atoms with Crippen molar-refractivity contribution in [1.82, 2.24) is 0 Å². The van der Waals surface area contributed by atoms with Gasteiger partial charge in [0.15, 0.2) is 0 Å². The zero-order valence-corrected chi connectivity index (χ0v) is 12.2. The third-order valence-corrected chi connectivity index (χ3v) is 3.42. The largest absolute Gasteiger partial charge is 0.478 e. The highest BCUT2D eigenvalue weighted by molar-refractivity contribution is 9.10. The Balaban J connectivity index is 2.45. The predicted octanol–water partition coefficient (Wildman–Crippen LogP) is 3.92. The molecule has 0 spiro atoms. The number of carboxylic acid groups (broad SMARTS) is 1. The van der Waals surface area contributed by atoms with E-state index >= 15 is 0 Å². The Bertz CT molecular complexity index is 689. The number of carboxylic acids is 1. The number of aryl methyl sites for hydroxylation is 1. The van der Waals surface area contributed by atoms with Crippen LogP contribution in [0.5, 0.6) is 0 Å². The molecule has 2 rings (SSSR count). The Morgan fingerprint density at radius 3 is 2.65 bits per heavy atom. The number of anilines is 3. The van der Waals surface area contributed by atoms with Gasteiger partial charge in [-0.25, -0.2) is 9.18 Å². The van der Waals surface area contributed by atoms with Gasteiger partial charge in [-0.15, -0.1) is 0 Å². The predicted molar refractivity (Wildman–Crippen MR) is 79.9 cm³/mol. The van der Waals surface area contributed by atoms with Crippen LogP contribution in [-0.4, -0.2) is 11.1 Å². The summed E-state index contributed by atoms with van der Waals surface area (Å²) in [6.07, 6.45) is 0. The van der Waals surface area contributed by atoms with Gasteiger partial charge in [-0.2, -0.15) is 0 Å². The van der Waals surface area contributed by atoms with Crippen LogP contribution in [0.25, 0.3) is 0 Å². The molecule has 0 aliphatic heterocycles. The number of nitrogen functional groups attached to an aromatic ring is 1. The van der Waals surface area contributed by atoms with E-state index in [9.17, 15) is 9.18 Å². The van der Waals surface area contributed by atoms with Crippen LogP contribution in [0.15, 0.2) is 34.8 Å². The van der Waals surface area contributed by atoms with E-state index in [1.54, 1.807) is 25.1 Å². The van der Waals surface area contributed by atoms with Gasteiger partial charge in [-0.1, -0.05) is 0 Å².